The molecule has 0 radical (unpaired) electrons. The number of amides is 1. The van der Waals surface area contributed by atoms with E-state index in [2.05, 4.69) is 17.9 Å². The highest BCUT2D eigenvalue weighted by Crippen LogP contribution is 2.04. The Bertz CT molecular complexity index is 246. The number of carbonyl (C=O) groups is 2. The third kappa shape index (κ3) is 8.04. The maximum absolute atomic E-state index is 11.4. The standard InChI is InChI=1S/C11H21NO4S/c1-8(13)10(11(15)16)12-9(14)6-4-2-3-5-7-17/h8,10,13,17H,2-7H2,1H3,(H,12,14)(H,15,16)/t8-,10+/m1/s1. The highest BCUT2D eigenvalue weighted by atomic mass is 32.1. The first kappa shape index (κ1) is 16.2. The van der Waals surface area contributed by atoms with Gasteiger partial charge in [-0.1, -0.05) is 12.8 Å². The van der Waals surface area contributed by atoms with Crippen molar-refractivity contribution >= 4 is 24.5 Å². The molecule has 0 saturated carbocycles. The summed E-state index contributed by atoms with van der Waals surface area (Å²) in [4.78, 5) is 22.1. The smallest absolute Gasteiger partial charge is 0.328 e. The van der Waals surface area contributed by atoms with E-state index in [9.17, 15) is 9.59 Å². The predicted molar refractivity (Wildman–Crippen MR) is 68.2 cm³/mol. The van der Waals surface area contributed by atoms with Crippen LogP contribution in [0, 0.1) is 0 Å². The largest absolute Gasteiger partial charge is 0.480 e. The maximum Gasteiger partial charge on any atom is 0.328 e. The molecular weight excluding hydrogens is 242 g/mol. The molecule has 2 atom stereocenters. The van der Waals surface area contributed by atoms with Crippen LogP contribution in [0.25, 0.3) is 0 Å². The Morgan fingerprint density at radius 2 is 1.82 bits per heavy atom. The first-order valence-electron chi connectivity index (χ1n) is 5.80. The number of aliphatic hydroxyl groups is 1. The molecule has 100 valence electrons. The minimum Gasteiger partial charge on any atom is -0.480 e. The number of aliphatic hydroxyl groups excluding tert-OH is 1. The molecule has 5 nitrogen and oxygen atoms in total. The van der Waals surface area contributed by atoms with Crippen LogP contribution in [0.3, 0.4) is 0 Å². The first-order valence-corrected chi connectivity index (χ1v) is 6.43. The molecule has 0 heterocycles. The molecule has 0 spiro atoms. The van der Waals surface area contributed by atoms with Gasteiger partial charge in [0.25, 0.3) is 0 Å². The number of rotatable bonds is 9. The van der Waals surface area contributed by atoms with Crippen LogP contribution in [0.1, 0.15) is 39.0 Å². The van der Waals surface area contributed by atoms with Gasteiger partial charge >= 0.3 is 5.97 Å². The van der Waals surface area contributed by atoms with Gasteiger partial charge in [-0.3, -0.25) is 4.79 Å². The van der Waals surface area contributed by atoms with Gasteiger partial charge in [0.2, 0.25) is 5.91 Å². The quantitative estimate of drug-likeness (QED) is 0.366. The number of hydrogen-bond acceptors (Lipinski definition) is 4. The Hall–Kier alpha value is -0.750. The van der Waals surface area contributed by atoms with Gasteiger partial charge in [0.05, 0.1) is 6.10 Å². The molecule has 6 heteroatoms. The SMILES string of the molecule is C[C@@H](O)[C@H](NC(=O)CCCCCCS)C(=O)O. The Kier molecular flexibility index (Phi) is 8.89. The molecule has 17 heavy (non-hydrogen) atoms. The van der Waals surface area contributed by atoms with Gasteiger partial charge in [-0.25, -0.2) is 4.79 Å². The van der Waals surface area contributed by atoms with Gasteiger partial charge in [-0.15, -0.1) is 0 Å². The number of carboxylic acids is 1. The van der Waals surface area contributed by atoms with Crippen molar-refractivity contribution in [2.75, 3.05) is 5.75 Å². The van der Waals surface area contributed by atoms with Crippen LogP contribution >= 0.6 is 12.6 Å². The summed E-state index contributed by atoms with van der Waals surface area (Å²) in [7, 11) is 0. The molecule has 0 aromatic heterocycles. The first-order chi connectivity index (χ1) is 7.99. The Morgan fingerprint density at radius 1 is 1.24 bits per heavy atom. The van der Waals surface area contributed by atoms with Crippen LogP contribution in [0.5, 0.6) is 0 Å². The second-order valence-corrected chi connectivity index (χ2v) is 4.46. The van der Waals surface area contributed by atoms with Crippen molar-refractivity contribution in [2.45, 2.75) is 51.2 Å². The summed E-state index contributed by atoms with van der Waals surface area (Å²) in [5.74, 6) is -0.706. The Balaban J connectivity index is 3.80. The van der Waals surface area contributed by atoms with Crippen molar-refractivity contribution in [3.8, 4) is 0 Å². The van der Waals surface area contributed by atoms with Crippen molar-refractivity contribution in [1.29, 1.82) is 0 Å². The van der Waals surface area contributed by atoms with Crippen LogP contribution in [-0.4, -0.2) is 40.0 Å². The van der Waals surface area contributed by atoms with Gasteiger partial charge in [-0.2, -0.15) is 12.6 Å². The van der Waals surface area contributed by atoms with E-state index in [1.807, 2.05) is 0 Å². The molecule has 0 bridgehead atoms. The highest BCUT2D eigenvalue weighted by molar-refractivity contribution is 7.80. The molecule has 0 aliphatic carbocycles. The molecular formula is C11H21NO4S. The van der Waals surface area contributed by atoms with Gasteiger partial charge in [0.15, 0.2) is 6.04 Å². The molecule has 0 rings (SSSR count). The van der Waals surface area contributed by atoms with E-state index in [0.29, 0.717) is 6.42 Å². The van der Waals surface area contributed by atoms with Crippen molar-refractivity contribution in [3.63, 3.8) is 0 Å². The van der Waals surface area contributed by atoms with E-state index in [1.54, 1.807) is 0 Å². The lowest BCUT2D eigenvalue weighted by Gasteiger charge is -2.16. The highest BCUT2D eigenvalue weighted by Gasteiger charge is 2.24. The lowest BCUT2D eigenvalue weighted by atomic mass is 10.1. The molecule has 0 fully saturated rings. The van der Waals surface area contributed by atoms with Crippen LogP contribution in [-0.2, 0) is 9.59 Å². The number of aliphatic carboxylic acids is 1. The number of hydrogen-bond donors (Lipinski definition) is 4. The number of thiol groups is 1. The third-order valence-corrected chi connectivity index (χ3v) is 2.69. The summed E-state index contributed by atoms with van der Waals surface area (Å²) in [6, 6.07) is -1.22. The van der Waals surface area contributed by atoms with Crippen molar-refractivity contribution in [2.24, 2.45) is 0 Å². The van der Waals surface area contributed by atoms with E-state index in [-0.39, 0.29) is 5.91 Å². The Morgan fingerprint density at radius 3 is 2.29 bits per heavy atom. The van der Waals surface area contributed by atoms with Gasteiger partial charge in [-0.05, 0) is 25.5 Å². The van der Waals surface area contributed by atoms with Gasteiger partial charge in [0.1, 0.15) is 0 Å². The number of carboxylic acid groups (broad SMARTS) is 1. The summed E-state index contributed by atoms with van der Waals surface area (Å²) in [5, 5.41) is 20.2. The van der Waals surface area contributed by atoms with E-state index >= 15 is 0 Å². The van der Waals surface area contributed by atoms with Crippen molar-refractivity contribution in [3.05, 3.63) is 0 Å². The summed E-state index contributed by atoms with van der Waals surface area (Å²) in [6.45, 7) is 1.34. The van der Waals surface area contributed by atoms with Crippen LogP contribution in [0.4, 0.5) is 0 Å². The summed E-state index contributed by atoms with van der Waals surface area (Å²) in [5.41, 5.74) is 0. The van der Waals surface area contributed by atoms with Crippen molar-refractivity contribution in [1.82, 2.24) is 5.32 Å². The summed E-state index contributed by atoms with van der Waals surface area (Å²) >= 11 is 4.08. The van der Waals surface area contributed by atoms with Crippen LogP contribution in [0.2, 0.25) is 0 Å². The second kappa shape index (κ2) is 9.30. The fourth-order valence-electron chi connectivity index (χ4n) is 1.39. The zero-order valence-corrected chi connectivity index (χ0v) is 10.9. The normalized spacial score (nSPS) is 14.1. The van der Waals surface area contributed by atoms with Crippen LogP contribution in [0.15, 0.2) is 0 Å². The fourth-order valence-corrected chi connectivity index (χ4v) is 1.61. The van der Waals surface area contributed by atoms with Gasteiger partial charge < -0.3 is 15.5 Å². The average molecular weight is 263 g/mol. The fraction of sp³-hybridized carbons (Fsp3) is 0.818. The Labute approximate surface area is 107 Å². The molecule has 0 unspecified atom stereocenters. The lowest BCUT2D eigenvalue weighted by Crippen LogP contribution is -2.47. The second-order valence-electron chi connectivity index (χ2n) is 4.01. The monoisotopic (exact) mass is 263 g/mol. The molecule has 3 N–H and O–H groups in total. The maximum atomic E-state index is 11.4. The van der Waals surface area contributed by atoms with Crippen LogP contribution < -0.4 is 5.32 Å². The summed E-state index contributed by atoms with van der Waals surface area (Å²) in [6.07, 6.45) is 2.90. The molecule has 0 saturated heterocycles. The topological polar surface area (TPSA) is 86.6 Å². The zero-order valence-electron chi connectivity index (χ0n) is 10.1. The van der Waals surface area contributed by atoms with E-state index in [4.69, 9.17) is 10.2 Å². The van der Waals surface area contributed by atoms with E-state index in [0.717, 1.165) is 31.4 Å². The van der Waals surface area contributed by atoms with Gasteiger partial charge in [0, 0.05) is 6.42 Å². The predicted octanol–water partition coefficient (Wildman–Crippen LogP) is 0.817. The molecule has 0 aliphatic rings. The number of carbonyl (C=O) groups excluding carboxylic acids is 1. The van der Waals surface area contributed by atoms with E-state index in [1.165, 1.54) is 6.92 Å². The van der Waals surface area contributed by atoms with E-state index < -0.39 is 18.1 Å². The third-order valence-electron chi connectivity index (χ3n) is 2.38. The molecule has 0 aliphatic heterocycles. The molecule has 0 aromatic rings. The number of nitrogens with one attached hydrogen (secondary N) is 1. The molecule has 1 amide bonds. The van der Waals surface area contributed by atoms with Crippen molar-refractivity contribution < 1.29 is 19.8 Å². The lowest BCUT2D eigenvalue weighted by molar-refractivity contribution is -0.144. The molecule has 0 aromatic carbocycles. The zero-order chi connectivity index (χ0) is 13.3. The number of unbranched alkanes of at least 4 members (excludes halogenated alkanes) is 3. The summed E-state index contributed by atoms with van der Waals surface area (Å²) < 4.78 is 0. The minimum absolute atomic E-state index is 0.295. The average Bonchev–Trinajstić information content (AvgIpc) is 2.24. The minimum atomic E-state index is -1.22.